The first-order chi connectivity index (χ1) is 14.2. The number of carbonyl (C=O) groups excluding carboxylic acids is 2. The molecule has 3 heterocycles. The van der Waals surface area contributed by atoms with Crippen molar-refractivity contribution in [2.24, 2.45) is 5.92 Å². The molecule has 6 nitrogen and oxygen atoms in total. The Morgan fingerprint density at radius 1 is 1.10 bits per heavy atom. The summed E-state index contributed by atoms with van der Waals surface area (Å²) in [5.41, 5.74) is 1.06. The Hall–Kier alpha value is -1.99. The Kier molecular flexibility index (Phi) is 6.77. The van der Waals surface area contributed by atoms with E-state index in [1.165, 1.54) is 4.70 Å². The lowest BCUT2D eigenvalue weighted by Gasteiger charge is -2.36. The number of aryl methyl sites for hydroxylation is 1. The second-order valence-electron chi connectivity index (χ2n) is 7.90. The molecular weight excluding hydrogens is 386 g/mol. The first kappa shape index (κ1) is 20.3. The van der Waals surface area contributed by atoms with Gasteiger partial charge in [-0.05, 0) is 44.2 Å². The molecule has 2 aliphatic heterocycles. The van der Waals surface area contributed by atoms with Gasteiger partial charge in [0.1, 0.15) is 0 Å². The van der Waals surface area contributed by atoms with Crippen LogP contribution in [0.5, 0.6) is 0 Å². The molecule has 29 heavy (non-hydrogen) atoms. The number of benzene rings is 1. The number of piperidine rings is 1. The first-order valence-corrected chi connectivity index (χ1v) is 11.5. The minimum Gasteiger partial charge on any atom is -0.378 e. The van der Waals surface area contributed by atoms with Crippen LogP contribution in [0, 0.1) is 5.92 Å². The van der Waals surface area contributed by atoms with Crippen molar-refractivity contribution in [1.82, 2.24) is 14.8 Å². The molecule has 0 saturated carbocycles. The summed E-state index contributed by atoms with van der Waals surface area (Å²) in [5.74, 6) is 0.337. The molecule has 1 aromatic heterocycles. The lowest BCUT2D eigenvalue weighted by Crippen LogP contribution is -2.49. The third kappa shape index (κ3) is 5.14. The van der Waals surface area contributed by atoms with Crippen molar-refractivity contribution in [3.63, 3.8) is 0 Å². The van der Waals surface area contributed by atoms with E-state index in [-0.39, 0.29) is 17.7 Å². The molecule has 2 fully saturated rings. The number of fused-ring (bicyclic) bond motifs is 1. The number of hydrogen-bond acceptors (Lipinski definition) is 5. The number of nitrogens with zero attached hydrogens (tertiary/aromatic N) is 3. The number of amides is 2. The SMILES string of the molecule is O=C(CCCCc1nc2ccccc2s1)N1CCC[C@@H](C(=O)N2CCOCC2)C1. The highest BCUT2D eigenvalue weighted by molar-refractivity contribution is 7.18. The van der Waals surface area contributed by atoms with Crippen LogP contribution in [0.3, 0.4) is 0 Å². The Bertz CT molecular complexity index is 814. The van der Waals surface area contributed by atoms with Crippen LogP contribution >= 0.6 is 11.3 Å². The summed E-state index contributed by atoms with van der Waals surface area (Å²) in [6, 6.07) is 8.20. The van der Waals surface area contributed by atoms with Crippen LogP contribution in [0.1, 0.15) is 37.1 Å². The number of thiazole rings is 1. The molecule has 7 heteroatoms. The van der Waals surface area contributed by atoms with Gasteiger partial charge in [0.05, 0.1) is 34.4 Å². The number of likely N-dealkylation sites (tertiary alicyclic amines) is 1. The highest BCUT2D eigenvalue weighted by Gasteiger charge is 2.31. The van der Waals surface area contributed by atoms with Crippen LogP contribution in [0.15, 0.2) is 24.3 Å². The average Bonchev–Trinajstić information content (AvgIpc) is 3.19. The van der Waals surface area contributed by atoms with Crippen molar-refractivity contribution in [3.8, 4) is 0 Å². The third-order valence-electron chi connectivity index (χ3n) is 5.82. The van der Waals surface area contributed by atoms with Gasteiger partial charge in [0.25, 0.3) is 0 Å². The maximum absolute atomic E-state index is 12.7. The van der Waals surface area contributed by atoms with Gasteiger partial charge in [-0.2, -0.15) is 0 Å². The van der Waals surface area contributed by atoms with E-state index in [1.807, 2.05) is 28.0 Å². The van der Waals surface area contributed by atoms with Crippen molar-refractivity contribution in [2.45, 2.75) is 38.5 Å². The third-order valence-corrected chi connectivity index (χ3v) is 6.91. The zero-order chi connectivity index (χ0) is 20.1. The average molecular weight is 416 g/mol. The number of para-hydroxylation sites is 1. The molecule has 2 amide bonds. The van der Waals surface area contributed by atoms with Crippen LogP contribution in [0.2, 0.25) is 0 Å². The fraction of sp³-hybridized carbons (Fsp3) is 0.591. The summed E-state index contributed by atoms with van der Waals surface area (Å²) < 4.78 is 6.56. The Morgan fingerprint density at radius 2 is 1.93 bits per heavy atom. The van der Waals surface area contributed by atoms with Gasteiger partial charge >= 0.3 is 0 Å². The van der Waals surface area contributed by atoms with Crippen molar-refractivity contribution >= 4 is 33.4 Å². The van der Waals surface area contributed by atoms with E-state index < -0.39 is 0 Å². The lowest BCUT2D eigenvalue weighted by atomic mass is 9.96. The number of hydrogen-bond donors (Lipinski definition) is 0. The summed E-state index contributed by atoms with van der Waals surface area (Å²) >= 11 is 1.74. The van der Waals surface area contributed by atoms with Gasteiger partial charge < -0.3 is 14.5 Å². The van der Waals surface area contributed by atoms with Gasteiger partial charge in [0.2, 0.25) is 11.8 Å². The Labute approximate surface area is 175 Å². The molecule has 0 N–H and O–H groups in total. The number of morpholine rings is 1. The molecule has 2 saturated heterocycles. The second-order valence-corrected chi connectivity index (χ2v) is 9.01. The molecule has 1 aromatic carbocycles. The van der Waals surface area contributed by atoms with Crippen molar-refractivity contribution in [1.29, 1.82) is 0 Å². The number of rotatable bonds is 6. The minimum atomic E-state index is -0.0476. The maximum Gasteiger partial charge on any atom is 0.227 e. The Morgan fingerprint density at radius 3 is 2.76 bits per heavy atom. The van der Waals surface area contributed by atoms with Crippen LogP contribution in [-0.2, 0) is 20.7 Å². The van der Waals surface area contributed by atoms with E-state index in [0.29, 0.717) is 39.3 Å². The topological polar surface area (TPSA) is 62.7 Å². The van der Waals surface area contributed by atoms with Crippen LogP contribution in [-0.4, -0.2) is 66.0 Å². The maximum atomic E-state index is 12.7. The molecule has 0 bridgehead atoms. The summed E-state index contributed by atoms with van der Waals surface area (Å²) in [5, 5.41) is 1.15. The molecule has 1 atom stereocenters. The van der Waals surface area contributed by atoms with Crippen molar-refractivity contribution < 1.29 is 14.3 Å². The van der Waals surface area contributed by atoms with Gasteiger partial charge in [-0.15, -0.1) is 11.3 Å². The molecule has 2 aliphatic rings. The van der Waals surface area contributed by atoms with E-state index in [9.17, 15) is 9.59 Å². The van der Waals surface area contributed by atoms with Gasteiger partial charge in [-0.1, -0.05) is 12.1 Å². The first-order valence-electron chi connectivity index (χ1n) is 10.7. The second kappa shape index (κ2) is 9.67. The molecule has 4 rings (SSSR count). The van der Waals surface area contributed by atoms with Crippen LogP contribution in [0.4, 0.5) is 0 Å². The lowest BCUT2D eigenvalue weighted by molar-refractivity contribution is -0.144. The Balaban J connectivity index is 1.21. The molecule has 0 aliphatic carbocycles. The zero-order valence-electron chi connectivity index (χ0n) is 16.8. The van der Waals surface area contributed by atoms with Gasteiger partial charge in [0, 0.05) is 32.6 Å². The quantitative estimate of drug-likeness (QED) is 0.680. The van der Waals surface area contributed by atoms with Crippen molar-refractivity contribution in [3.05, 3.63) is 29.3 Å². The fourth-order valence-electron chi connectivity index (χ4n) is 4.18. The number of carbonyl (C=O) groups is 2. The highest BCUT2D eigenvalue weighted by atomic mass is 32.1. The molecule has 2 aromatic rings. The molecule has 156 valence electrons. The summed E-state index contributed by atoms with van der Waals surface area (Å²) in [6.45, 7) is 3.95. The predicted molar refractivity (Wildman–Crippen MR) is 114 cm³/mol. The van der Waals surface area contributed by atoms with Gasteiger partial charge in [-0.3, -0.25) is 9.59 Å². The smallest absolute Gasteiger partial charge is 0.227 e. The highest BCUT2D eigenvalue weighted by Crippen LogP contribution is 2.24. The van der Waals surface area contributed by atoms with Gasteiger partial charge in [-0.25, -0.2) is 4.98 Å². The normalized spacial score (nSPS) is 20.2. The number of unbranched alkanes of at least 4 members (excludes halogenated alkanes) is 1. The van der Waals surface area contributed by atoms with Crippen LogP contribution < -0.4 is 0 Å². The summed E-state index contributed by atoms with van der Waals surface area (Å²) in [6.07, 6.45) is 5.12. The largest absolute Gasteiger partial charge is 0.378 e. The molecule has 0 radical (unpaired) electrons. The summed E-state index contributed by atoms with van der Waals surface area (Å²) in [4.78, 5) is 33.9. The zero-order valence-corrected chi connectivity index (χ0v) is 17.7. The fourth-order valence-corrected chi connectivity index (χ4v) is 5.19. The van der Waals surface area contributed by atoms with E-state index >= 15 is 0 Å². The van der Waals surface area contributed by atoms with Crippen molar-refractivity contribution in [2.75, 3.05) is 39.4 Å². The van der Waals surface area contributed by atoms with Gasteiger partial charge in [0.15, 0.2) is 0 Å². The molecule has 0 unspecified atom stereocenters. The monoisotopic (exact) mass is 415 g/mol. The predicted octanol–water partition coefficient (Wildman–Crippen LogP) is 3.11. The number of ether oxygens (including phenoxy) is 1. The molecular formula is C22H29N3O3S. The minimum absolute atomic E-state index is 0.0476. The van der Waals surface area contributed by atoms with E-state index in [2.05, 4.69) is 11.1 Å². The molecule has 0 spiro atoms. The summed E-state index contributed by atoms with van der Waals surface area (Å²) in [7, 11) is 0. The number of aromatic nitrogens is 1. The van der Waals surface area contributed by atoms with E-state index in [1.54, 1.807) is 11.3 Å². The van der Waals surface area contributed by atoms with E-state index in [0.717, 1.165) is 49.2 Å². The van der Waals surface area contributed by atoms with E-state index in [4.69, 9.17) is 4.74 Å². The standard InChI is InChI=1S/C22H29N3O3S/c26-21(10-4-3-9-20-23-18-7-1-2-8-19(18)29-20)25-11-5-6-17(16-25)22(27)24-12-14-28-15-13-24/h1-2,7-8,17H,3-6,9-16H2/t17-/m1/s1. The van der Waals surface area contributed by atoms with Crippen LogP contribution in [0.25, 0.3) is 10.2 Å².